The van der Waals surface area contributed by atoms with Gasteiger partial charge in [0.25, 0.3) is 10.1 Å². The number of aryl methyl sites for hydroxylation is 1. The van der Waals surface area contributed by atoms with Crippen LogP contribution in [0.4, 0.5) is 5.82 Å². The fraction of sp³-hybridized carbons (Fsp3) is 0.500. The Labute approximate surface area is 218 Å². The molecule has 2 heterocycles. The lowest BCUT2D eigenvalue weighted by molar-refractivity contribution is -0.131. The molecule has 0 bridgehead atoms. The lowest BCUT2D eigenvalue weighted by atomic mass is 9.98. The van der Waals surface area contributed by atoms with Crippen LogP contribution in [0.25, 0.3) is 0 Å². The second kappa shape index (κ2) is 13.4. The Kier molecular flexibility index (Phi) is 11.2. The molecule has 1 aliphatic rings. The van der Waals surface area contributed by atoms with Crippen molar-refractivity contribution in [2.75, 3.05) is 37.3 Å². The average Bonchev–Trinajstić information content (AvgIpc) is 2.77. The maximum atomic E-state index is 12.7. The number of carbonyl (C=O) groups excluding carboxylic acids is 1. The number of nitrogens with zero attached hydrogens (tertiary/aromatic N) is 3. The van der Waals surface area contributed by atoms with Crippen molar-refractivity contribution in [1.82, 2.24) is 9.88 Å². The van der Waals surface area contributed by atoms with Crippen molar-refractivity contribution >= 4 is 45.0 Å². The van der Waals surface area contributed by atoms with Crippen LogP contribution in [0.15, 0.2) is 36.5 Å². The van der Waals surface area contributed by atoms with E-state index in [9.17, 15) is 13.2 Å². The molecule has 0 aliphatic carbocycles. The third-order valence-electron chi connectivity index (χ3n) is 5.50. The summed E-state index contributed by atoms with van der Waals surface area (Å²) < 4.78 is 25.9. The number of benzene rings is 1. The number of nitrogens with two attached hydrogens (primary N) is 1. The molecule has 1 fully saturated rings. The summed E-state index contributed by atoms with van der Waals surface area (Å²) in [5.41, 5.74) is 8.48. The molecule has 1 atom stereocenters. The molecule has 2 aromatic rings. The van der Waals surface area contributed by atoms with Crippen LogP contribution < -0.4 is 10.6 Å². The highest BCUT2D eigenvalue weighted by Gasteiger charge is 2.24. The second-order valence-electron chi connectivity index (χ2n) is 8.99. The summed E-state index contributed by atoms with van der Waals surface area (Å²) in [7, 11) is -3.67. The molecule has 0 unspecified atom stereocenters. The number of halogens is 2. The topological polar surface area (TPSA) is 117 Å². The zero-order chi connectivity index (χ0) is 26.2. The van der Waals surface area contributed by atoms with Gasteiger partial charge in [0.15, 0.2) is 0 Å². The first-order chi connectivity index (χ1) is 16.3. The van der Waals surface area contributed by atoms with Crippen LogP contribution in [0.3, 0.4) is 0 Å². The Bertz CT molecular complexity index is 1080. The number of piperazine rings is 1. The Morgan fingerprint density at radius 3 is 2.37 bits per heavy atom. The summed E-state index contributed by atoms with van der Waals surface area (Å²) in [4.78, 5) is 21.5. The van der Waals surface area contributed by atoms with E-state index in [0.717, 1.165) is 36.5 Å². The summed E-state index contributed by atoms with van der Waals surface area (Å²) in [6.45, 7) is 7.23. The highest BCUT2D eigenvalue weighted by atomic mass is 35.5. The smallest absolute Gasteiger partial charge is 0.261 e. The summed E-state index contributed by atoms with van der Waals surface area (Å²) in [5.74, 6) is 1.63. The Morgan fingerprint density at radius 2 is 1.80 bits per heavy atom. The van der Waals surface area contributed by atoms with Gasteiger partial charge >= 0.3 is 0 Å². The molecule has 1 amide bonds. The van der Waals surface area contributed by atoms with E-state index in [4.69, 9.17) is 33.5 Å². The summed E-state index contributed by atoms with van der Waals surface area (Å²) in [6, 6.07) is 9.40. The van der Waals surface area contributed by atoms with E-state index < -0.39 is 10.1 Å². The molecule has 0 spiro atoms. The van der Waals surface area contributed by atoms with Gasteiger partial charge in [-0.3, -0.25) is 9.35 Å². The van der Waals surface area contributed by atoms with Gasteiger partial charge < -0.3 is 15.5 Å². The number of hydrogen-bond acceptors (Lipinski definition) is 6. The van der Waals surface area contributed by atoms with Crippen molar-refractivity contribution in [3.63, 3.8) is 0 Å². The minimum absolute atomic E-state index is 0.0301. The maximum absolute atomic E-state index is 12.7. The maximum Gasteiger partial charge on any atom is 0.261 e. The van der Waals surface area contributed by atoms with Gasteiger partial charge in [-0.05, 0) is 42.5 Å². The van der Waals surface area contributed by atoms with Gasteiger partial charge in [-0.1, -0.05) is 49.2 Å². The van der Waals surface area contributed by atoms with E-state index in [-0.39, 0.29) is 11.9 Å². The molecular weight excluding hydrogens is 511 g/mol. The van der Waals surface area contributed by atoms with Crippen LogP contribution in [0.1, 0.15) is 43.9 Å². The van der Waals surface area contributed by atoms with Gasteiger partial charge in [0.2, 0.25) is 5.91 Å². The van der Waals surface area contributed by atoms with Crippen molar-refractivity contribution in [1.29, 1.82) is 0 Å². The SMILES string of the molecule is CC(C)C[C@H](N)c1cccnc1N1CCN(C(=O)CCc2ccc(Cl)cc2Cl)CC1.CS(=O)(=O)O. The normalized spacial score (nSPS) is 15.0. The van der Waals surface area contributed by atoms with Gasteiger partial charge in [0.1, 0.15) is 5.82 Å². The summed E-state index contributed by atoms with van der Waals surface area (Å²) in [5, 5.41) is 1.22. The van der Waals surface area contributed by atoms with Crippen molar-refractivity contribution < 1.29 is 17.8 Å². The highest BCUT2D eigenvalue weighted by Crippen LogP contribution is 2.28. The molecule has 3 rings (SSSR count). The molecule has 35 heavy (non-hydrogen) atoms. The first-order valence-corrected chi connectivity index (χ1v) is 14.0. The Balaban J connectivity index is 0.000000784. The van der Waals surface area contributed by atoms with Gasteiger partial charge in [0.05, 0.1) is 6.26 Å². The van der Waals surface area contributed by atoms with Crippen LogP contribution in [-0.4, -0.2) is 61.2 Å². The number of carbonyl (C=O) groups is 1. The molecule has 1 aromatic heterocycles. The molecule has 0 saturated carbocycles. The van der Waals surface area contributed by atoms with Crippen molar-refractivity contribution in [2.24, 2.45) is 11.7 Å². The molecular formula is C24H34Cl2N4O4S. The van der Waals surface area contributed by atoms with Crippen LogP contribution in [0, 0.1) is 5.92 Å². The molecule has 3 N–H and O–H groups in total. The van der Waals surface area contributed by atoms with Crippen LogP contribution in [-0.2, 0) is 21.3 Å². The second-order valence-corrected chi connectivity index (χ2v) is 11.3. The highest BCUT2D eigenvalue weighted by molar-refractivity contribution is 7.85. The quantitative estimate of drug-likeness (QED) is 0.501. The zero-order valence-corrected chi connectivity index (χ0v) is 22.7. The van der Waals surface area contributed by atoms with Crippen molar-refractivity contribution in [3.8, 4) is 0 Å². The van der Waals surface area contributed by atoms with Gasteiger partial charge in [-0.15, -0.1) is 0 Å². The van der Waals surface area contributed by atoms with E-state index in [1.54, 1.807) is 12.1 Å². The largest absolute Gasteiger partial charge is 0.353 e. The monoisotopic (exact) mass is 544 g/mol. The number of rotatable bonds is 7. The standard InChI is InChI=1S/C23H30Cl2N4O.CH4O3S/c1-16(2)14-21(26)19-4-3-9-27-23(19)29-12-10-28(11-13-29)22(30)8-6-17-5-7-18(24)15-20(17)25;1-5(2,3)4/h3-5,7,9,15-16,21H,6,8,10-14,26H2,1-2H3;1H3,(H,2,3,4)/t21-;/m0./s1. The lowest BCUT2D eigenvalue weighted by Crippen LogP contribution is -2.49. The third kappa shape index (κ3) is 10.3. The van der Waals surface area contributed by atoms with Gasteiger partial charge in [-0.2, -0.15) is 8.42 Å². The minimum Gasteiger partial charge on any atom is -0.353 e. The first-order valence-electron chi connectivity index (χ1n) is 11.4. The average molecular weight is 546 g/mol. The van der Waals surface area contributed by atoms with E-state index in [2.05, 4.69) is 29.8 Å². The summed E-state index contributed by atoms with van der Waals surface area (Å²) in [6.07, 6.45) is 4.50. The van der Waals surface area contributed by atoms with Crippen LogP contribution in [0.5, 0.6) is 0 Å². The number of pyridine rings is 1. The number of anilines is 1. The predicted octanol–water partition coefficient (Wildman–Crippen LogP) is 4.22. The van der Waals surface area contributed by atoms with Crippen molar-refractivity contribution in [3.05, 3.63) is 57.7 Å². The lowest BCUT2D eigenvalue weighted by Gasteiger charge is -2.37. The molecule has 8 nitrogen and oxygen atoms in total. The van der Waals surface area contributed by atoms with Crippen LogP contribution >= 0.6 is 23.2 Å². The Morgan fingerprint density at radius 1 is 1.17 bits per heavy atom. The number of hydrogen-bond donors (Lipinski definition) is 2. The first kappa shape index (κ1) is 29.3. The Hall–Kier alpha value is -1.91. The number of amides is 1. The fourth-order valence-electron chi connectivity index (χ4n) is 3.89. The molecule has 1 aliphatic heterocycles. The van der Waals surface area contributed by atoms with E-state index >= 15 is 0 Å². The molecule has 1 aromatic carbocycles. The number of aromatic nitrogens is 1. The molecule has 194 valence electrons. The van der Waals surface area contributed by atoms with Crippen molar-refractivity contribution in [2.45, 2.75) is 39.2 Å². The van der Waals surface area contributed by atoms with Gasteiger partial charge in [-0.25, -0.2) is 4.98 Å². The predicted molar refractivity (Wildman–Crippen MR) is 142 cm³/mol. The van der Waals surface area contributed by atoms with E-state index in [1.807, 2.05) is 23.2 Å². The summed E-state index contributed by atoms with van der Waals surface area (Å²) >= 11 is 12.2. The third-order valence-corrected chi connectivity index (χ3v) is 6.08. The van der Waals surface area contributed by atoms with E-state index in [1.165, 1.54) is 0 Å². The molecule has 0 radical (unpaired) electrons. The van der Waals surface area contributed by atoms with Gasteiger partial charge in [0, 0.05) is 60.4 Å². The fourth-order valence-corrected chi connectivity index (χ4v) is 4.39. The molecule has 11 heteroatoms. The zero-order valence-electron chi connectivity index (χ0n) is 20.3. The van der Waals surface area contributed by atoms with Crippen LogP contribution in [0.2, 0.25) is 10.0 Å². The molecule has 1 saturated heterocycles. The van der Waals surface area contributed by atoms with E-state index in [0.29, 0.717) is 48.2 Å². The minimum atomic E-state index is -3.67.